The minimum atomic E-state index is -1.21. The van der Waals surface area contributed by atoms with E-state index in [-0.39, 0.29) is 10.6 Å². The van der Waals surface area contributed by atoms with Crippen molar-refractivity contribution < 1.29 is 20.1 Å². The molecule has 6 N–H and O–H groups in total. The Morgan fingerprint density at radius 3 is 2.85 bits per heavy atom. The molecule has 108 valence electrons. The molecule has 0 spiro atoms. The van der Waals surface area contributed by atoms with Crippen molar-refractivity contribution in [3.63, 3.8) is 0 Å². The van der Waals surface area contributed by atoms with Crippen LogP contribution < -0.4 is 5.73 Å². The molecule has 20 heavy (non-hydrogen) atoms. The van der Waals surface area contributed by atoms with E-state index in [1.165, 1.54) is 10.9 Å². The molecule has 1 aliphatic rings. The summed E-state index contributed by atoms with van der Waals surface area (Å²) in [5, 5.41) is 28.9. The van der Waals surface area contributed by atoms with E-state index >= 15 is 0 Å². The monoisotopic (exact) mass is 299 g/mol. The van der Waals surface area contributed by atoms with Crippen molar-refractivity contribution in [2.75, 3.05) is 12.3 Å². The fourth-order valence-electron chi connectivity index (χ4n) is 2.26. The van der Waals surface area contributed by atoms with Gasteiger partial charge in [-0.2, -0.15) is 0 Å². The molecule has 4 atom stereocenters. The van der Waals surface area contributed by atoms with Crippen LogP contribution in [-0.4, -0.2) is 59.8 Å². The van der Waals surface area contributed by atoms with Crippen molar-refractivity contribution in [2.24, 2.45) is 0 Å². The minimum Gasteiger partial charge on any atom is -0.394 e. The number of H-pyrrole nitrogens is 1. The van der Waals surface area contributed by atoms with E-state index in [4.69, 9.17) is 27.8 Å². The van der Waals surface area contributed by atoms with E-state index < -0.39 is 31.1 Å². The number of nitrogens with two attached hydrogens (primary N) is 1. The molecule has 1 aliphatic heterocycles. The maximum absolute atomic E-state index is 10.0. The molecule has 9 nitrogen and oxygen atoms in total. The van der Waals surface area contributed by atoms with Crippen LogP contribution >= 0.6 is 12.2 Å². The third-order valence-electron chi connectivity index (χ3n) is 3.26. The third kappa shape index (κ3) is 1.89. The van der Waals surface area contributed by atoms with Crippen LogP contribution in [0.15, 0.2) is 6.33 Å². The number of rotatable bonds is 2. The van der Waals surface area contributed by atoms with Crippen molar-refractivity contribution in [3.05, 3.63) is 11.0 Å². The van der Waals surface area contributed by atoms with Crippen molar-refractivity contribution in [2.45, 2.75) is 24.5 Å². The number of aliphatic hydroxyl groups excluding tert-OH is 3. The lowest BCUT2D eigenvalue weighted by atomic mass is 10.1. The van der Waals surface area contributed by atoms with Gasteiger partial charge in [0.1, 0.15) is 29.5 Å². The number of aliphatic hydroxyl groups is 3. The molecule has 2 aromatic rings. The number of imidazole rings is 1. The van der Waals surface area contributed by atoms with Crippen molar-refractivity contribution in [1.82, 2.24) is 19.5 Å². The van der Waals surface area contributed by atoms with E-state index in [0.717, 1.165) is 0 Å². The van der Waals surface area contributed by atoms with Crippen LogP contribution in [-0.2, 0) is 4.74 Å². The van der Waals surface area contributed by atoms with Gasteiger partial charge in [0, 0.05) is 0 Å². The van der Waals surface area contributed by atoms with Gasteiger partial charge in [0.2, 0.25) is 0 Å². The van der Waals surface area contributed by atoms with Crippen LogP contribution in [0.3, 0.4) is 0 Å². The Kier molecular flexibility index (Phi) is 3.18. The Hall–Kier alpha value is -1.59. The van der Waals surface area contributed by atoms with E-state index in [1.807, 2.05) is 0 Å². The number of nitrogens with one attached hydrogen (secondary N) is 1. The maximum atomic E-state index is 10.0. The van der Waals surface area contributed by atoms with Gasteiger partial charge in [0.05, 0.1) is 12.9 Å². The van der Waals surface area contributed by atoms with Gasteiger partial charge in [-0.1, -0.05) is 12.2 Å². The first-order chi connectivity index (χ1) is 9.52. The number of hydrogen-bond donors (Lipinski definition) is 5. The highest BCUT2D eigenvalue weighted by molar-refractivity contribution is 7.71. The topological polar surface area (TPSA) is 142 Å². The molecule has 10 heteroatoms. The van der Waals surface area contributed by atoms with E-state index in [9.17, 15) is 10.2 Å². The van der Waals surface area contributed by atoms with Crippen LogP contribution in [0.25, 0.3) is 11.2 Å². The lowest BCUT2D eigenvalue weighted by molar-refractivity contribution is -0.0511. The minimum absolute atomic E-state index is 0.107. The predicted octanol–water partition coefficient (Wildman–Crippen LogP) is -1.32. The second kappa shape index (κ2) is 4.75. The molecule has 0 saturated carbocycles. The van der Waals surface area contributed by atoms with E-state index in [0.29, 0.717) is 11.2 Å². The zero-order valence-electron chi connectivity index (χ0n) is 10.2. The van der Waals surface area contributed by atoms with Crippen molar-refractivity contribution in [1.29, 1.82) is 0 Å². The first-order valence-corrected chi connectivity index (χ1v) is 6.28. The second-order valence-corrected chi connectivity index (χ2v) is 4.89. The first-order valence-electron chi connectivity index (χ1n) is 5.87. The maximum Gasteiger partial charge on any atom is 0.200 e. The molecule has 2 aromatic heterocycles. The Bertz CT molecular complexity index is 701. The molecular formula is C10H13N5O4S. The highest BCUT2D eigenvalue weighted by Crippen LogP contribution is 2.31. The lowest BCUT2D eigenvalue weighted by Crippen LogP contribution is -2.33. The summed E-state index contributed by atoms with van der Waals surface area (Å²) in [4.78, 5) is 10.8. The molecule has 0 radical (unpaired) electrons. The predicted molar refractivity (Wildman–Crippen MR) is 70.1 cm³/mol. The molecular weight excluding hydrogens is 286 g/mol. The number of aromatic nitrogens is 4. The van der Waals surface area contributed by atoms with E-state index in [1.54, 1.807) is 0 Å². The highest BCUT2D eigenvalue weighted by Gasteiger charge is 2.43. The molecule has 3 rings (SSSR count). The van der Waals surface area contributed by atoms with Gasteiger partial charge in [-0.25, -0.2) is 9.97 Å². The summed E-state index contributed by atoms with van der Waals surface area (Å²) in [6, 6.07) is 0. The third-order valence-corrected chi connectivity index (χ3v) is 3.54. The lowest BCUT2D eigenvalue weighted by Gasteiger charge is -2.16. The van der Waals surface area contributed by atoms with Crippen molar-refractivity contribution >= 4 is 29.3 Å². The SMILES string of the molecule is Nc1nc(=S)c2ncn(C3O[C@H](CO)[C@@H](O)[C@H]3O)c2[nH]1. The fraction of sp³-hybridized carbons (Fsp3) is 0.500. The van der Waals surface area contributed by atoms with Crippen LogP contribution in [0.5, 0.6) is 0 Å². The quantitative estimate of drug-likeness (QED) is 0.430. The average Bonchev–Trinajstić information content (AvgIpc) is 2.93. The van der Waals surface area contributed by atoms with Crippen LogP contribution in [0.2, 0.25) is 0 Å². The Morgan fingerprint density at radius 2 is 2.20 bits per heavy atom. The van der Waals surface area contributed by atoms with Gasteiger partial charge < -0.3 is 30.8 Å². The Labute approximate surface area is 117 Å². The van der Waals surface area contributed by atoms with Gasteiger partial charge in [-0.15, -0.1) is 0 Å². The van der Waals surface area contributed by atoms with Gasteiger partial charge in [-0.3, -0.25) is 4.57 Å². The molecule has 1 unspecified atom stereocenters. The van der Waals surface area contributed by atoms with Crippen LogP contribution in [0.4, 0.5) is 5.95 Å². The number of nitrogens with zero attached hydrogens (tertiary/aromatic N) is 3. The molecule has 0 amide bonds. The zero-order valence-corrected chi connectivity index (χ0v) is 11.0. The summed E-state index contributed by atoms with van der Waals surface area (Å²) in [6.07, 6.45) is -2.77. The summed E-state index contributed by atoms with van der Waals surface area (Å²) in [6.45, 7) is -0.402. The van der Waals surface area contributed by atoms with Crippen LogP contribution in [0.1, 0.15) is 6.23 Å². The number of fused-ring (bicyclic) bond motifs is 1. The van der Waals surface area contributed by atoms with Gasteiger partial charge >= 0.3 is 0 Å². The molecule has 1 saturated heterocycles. The Balaban J connectivity index is 2.09. The number of anilines is 1. The number of ether oxygens (including phenoxy) is 1. The van der Waals surface area contributed by atoms with Gasteiger partial charge in [0.15, 0.2) is 16.8 Å². The molecule has 0 bridgehead atoms. The van der Waals surface area contributed by atoms with Gasteiger partial charge in [0.25, 0.3) is 0 Å². The Morgan fingerprint density at radius 1 is 1.45 bits per heavy atom. The summed E-state index contributed by atoms with van der Waals surface area (Å²) in [5.74, 6) is 0.107. The summed E-state index contributed by atoms with van der Waals surface area (Å²) in [7, 11) is 0. The molecule has 0 aliphatic carbocycles. The number of aromatic amines is 1. The summed E-state index contributed by atoms with van der Waals surface area (Å²) < 4.78 is 7.11. The normalized spacial score (nSPS) is 30.1. The molecule has 3 heterocycles. The highest BCUT2D eigenvalue weighted by atomic mass is 32.1. The number of nitrogen functional groups attached to an aromatic ring is 1. The second-order valence-electron chi connectivity index (χ2n) is 4.51. The fourth-order valence-corrected chi connectivity index (χ4v) is 2.50. The van der Waals surface area contributed by atoms with Crippen LogP contribution in [0, 0.1) is 4.64 Å². The zero-order chi connectivity index (χ0) is 14.4. The first kappa shape index (κ1) is 13.4. The number of hydrogen-bond acceptors (Lipinski definition) is 8. The molecule has 1 fully saturated rings. The standard InChI is InChI=1S/C10H13N5O4S/c11-10-13-7-4(8(20)14-10)12-2-15(7)9-6(18)5(17)3(1-16)19-9/h2-3,5-6,9,16-18H,1H2,(H3,11,13,14,20)/t3-,5-,6-,9?/m1/s1. The smallest absolute Gasteiger partial charge is 0.200 e. The summed E-state index contributed by atoms with van der Waals surface area (Å²) >= 11 is 5.05. The van der Waals surface area contributed by atoms with Gasteiger partial charge in [-0.05, 0) is 0 Å². The van der Waals surface area contributed by atoms with E-state index in [2.05, 4.69) is 15.0 Å². The largest absolute Gasteiger partial charge is 0.394 e. The van der Waals surface area contributed by atoms with Crippen molar-refractivity contribution in [3.8, 4) is 0 Å². The average molecular weight is 299 g/mol. The molecule has 0 aromatic carbocycles. The summed E-state index contributed by atoms with van der Waals surface area (Å²) in [5.41, 5.74) is 6.44.